The van der Waals surface area contributed by atoms with Crippen LogP contribution in [0.4, 0.5) is 0 Å². The van der Waals surface area contributed by atoms with Crippen LogP contribution in [-0.2, 0) is 4.79 Å². The summed E-state index contributed by atoms with van der Waals surface area (Å²) in [5.74, 6) is -0.336. The number of rotatable bonds is 11. The topological polar surface area (TPSA) is 90.0 Å². The van der Waals surface area contributed by atoms with Gasteiger partial charge in [0.05, 0.1) is 23.8 Å². The van der Waals surface area contributed by atoms with Crippen molar-refractivity contribution in [2.24, 2.45) is 0 Å². The van der Waals surface area contributed by atoms with Crippen molar-refractivity contribution in [1.82, 2.24) is 4.90 Å². The predicted octanol–water partition coefficient (Wildman–Crippen LogP) is 5.35. The Labute approximate surface area is 215 Å². The molecule has 0 saturated heterocycles. The second-order valence-electron chi connectivity index (χ2n) is 8.56. The van der Waals surface area contributed by atoms with Crippen LogP contribution in [0.5, 0.6) is 11.5 Å². The van der Waals surface area contributed by atoms with Crippen LogP contribution in [0.1, 0.15) is 62.3 Å². The maximum Gasteiger partial charge on any atom is 0.311 e. The van der Waals surface area contributed by atoms with Gasteiger partial charge in [0, 0.05) is 13.0 Å². The van der Waals surface area contributed by atoms with E-state index in [9.17, 15) is 19.2 Å². The van der Waals surface area contributed by atoms with Crippen molar-refractivity contribution >= 4 is 29.6 Å². The first kappa shape index (κ1) is 25.6. The molecule has 0 aliphatic carbocycles. The minimum atomic E-state index is -0.444. The molecule has 0 atom stereocenters. The second kappa shape index (κ2) is 11.9. The minimum absolute atomic E-state index is 0.159. The van der Waals surface area contributed by atoms with Gasteiger partial charge in [-0.15, -0.1) is 0 Å². The number of ether oxygens (including phenoxy) is 2. The number of carbonyl (C=O) groups is 4. The molecule has 1 aliphatic rings. The van der Waals surface area contributed by atoms with Crippen LogP contribution in [0.3, 0.4) is 0 Å². The van der Waals surface area contributed by atoms with E-state index in [2.05, 4.69) is 0 Å². The number of carbonyl (C=O) groups excluding carboxylic acids is 4. The number of hydrogen-bond acceptors (Lipinski definition) is 6. The van der Waals surface area contributed by atoms with E-state index in [1.165, 1.54) is 11.0 Å². The molecule has 1 heterocycles. The highest BCUT2D eigenvalue weighted by Gasteiger charge is 2.34. The van der Waals surface area contributed by atoms with Gasteiger partial charge < -0.3 is 9.47 Å². The molecule has 7 heteroatoms. The maximum atomic E-state index is 12.7. The first-order chi connectivity index (χ1) is 18.0. The molecule has 0 aromatic heterocycles. The van der Waals surface area contributed by atoms with Crippen molar-refractivity contribution in [3.05, 3.63) is 101 Å². The number of methoxy groups -OCH3 is 1. The number of imide groups is 1. The normalized spacial score (nSPS) is 12.6. The number of esters is 1. The Bertz CT molecular complexity index is 1310. The number of nitrogens with zero attached hydrogens (tertiary/aromatic N) is 1. The van der Waals surface area contributed by atoms with Crippen LogP contribution in [0.25, 0.3) is 6.08 Å². The SMILES string of the molecule is COc1ccc(/C=C/C(=O)c2ccccc2OC(=O)CCCCCN2C(=O)c3ccccc3C2=O)cc1. The van der Waals surface area contributed by atoms with E-state index < -0.39 is 5.97 Å². The van der Waals surface area contributed by atoms with Crippen molar-refractivity contribution in [1.29, 1.82) is 0 Å². The van der Waals surface area contributed by atoms with Crippen molar-refractivity contribution in [3.63, 3.8) is 0 Å². The number of fused-ring (bicyclic) bond motifs is 1. The fourth-order valence-corrected chi connectivity index (χ4v) is 4.07. The van der Waals surface area contributed by atoms with E-state index >= 15 is 0 Å². The molecular weight excluding hydrogens is 470 g/mol. The van der Waals surface area contributed by atoms with Crippen LogP contribution >= 0.6 is 0 Å². The van der Waals surface area contributed by atoms with Crippen molar-refractivity contribution < 1.29 is 28.7 Å². The number of para-hydroxylation sites is 1. The Hall–Kier alpha value is -4.52. The predicted molar refractivity (Wildman–Crippen MR) is 139 cm³/mol. The summed E-state index contributed by atoms with van der Waals surface area (Å²) >= 11 is 0. The van der Waals surface area contributed by atoms with E-state index in [1.807, 2.05) is 12.1 Å². The standard InChI is InChI=1S/C30H27NO6/c1-36-22-17-14-21(15-18-22)16-19-26(32)25-11-6-7-12-27(25)37-28(33)13-3-2-8-20-31-29(34)23-9-4-5-10-24(23)30(31)35/h4-7,9-12,14-19H,2-3,8,13,20H2,1H3/b19-16+. The van der Waals surface area contributed by atoms with Gasteiger partial charge in [0.15, 0.2) is 5.78 Å². The lowest BCUT2D eigenvalue weighted by Gasteiger charge is -2.13. The summed E-state index contributed by atoms with van der Waals surface area (Å²) in [6.07, 6.45) is 5.06. The van der Waals surface area contributed by atoms with E-state index in [0.717, 1.165) is 11.3 Å². The maximum absolute atomic E-state index is 12.7. The number of amides is 2. The summed E-state index contributed by atoms with van der Waals surface area (Å²) in [6, 6.07) is 20.7. The van der Waals surface area contributed by atoms with Crippen LogP contribution in [0.15, 0.2) is 78.9 Å². The zero-order valence-corrected chi connectivity index (χ0v) is 20.5. The minimum Gasteiger partial charge on any atom is -0.497 e. The number of ketones is 1. The molecule has 0 spiro atoms. The first-order valence-electron chi connectivity index (χ1n) is 12.1. The van der Waals surface area contributed by atoms with Gasteiger partial charge in [0.2, 0.25) is 0 Å². The van der Waals surface area contributed by atoms with Gasteiger partial charge in [-0.1, -0.05) is 48.9 Å². The Morgan fingerprint density at radius 1 is 0.811 bits per heavy atom. The average molecular weight is 498 g/mol. The highest BCUT2D eigenvalue weighted by molar-refractivity contribution is 6.21. The van der Waals surface area contributed by atoms with Crippen molar-refractivity contribution in [2.45, 2.75) is 25.7 Å². The van der Waals surface area contributed by atoms with Gasteiger partial charge in [0.1, 0.15) is 11.5 Å². The molecule has 2 amide bonds. The van der Waals surface area contributed by atoms with Gasteiger partial charge in [-0.2, -0.15) is 0 Å². The monoisotopic (exact) mass is 497 g/mol. The van der Waals surface area contributed by atoms with Gasteiger partial charge >= 0.3 is 5.97 Å². The third-order valence-corrected chi connectivity index (χ3v) is 6.06. The largest absolute Gasteiger partial charge is 0.497 e. The van der Waals surface area contributed by atoms with Gasteiger partial charge in [-0.05, 0) is 60.9 Å². The molecular formula is C30H27NO6. The summed E-state index contributed by atoms with van der Waals surface area (Å²) < 4.78 is 10.6. The summed E-state index contributed by atoms with van der Waals surface area (Å²) in [7, 11) is 1.59. The molecule has 0 N–H and O–H groups in total. The lowest BCUT2D eigenvalue weighted by Crippen LogP contribution is -2.30. The van der Waals surface area contributed by atoms with Crippen LogP contribution in [0.2, 0.25) is 0 Å². The molecule has 3 aromatic rings. The van der Waals surface area contributed by atoms with Gasteiger partial charge in [-0.3, -0.25) is 24.1 Å². The zero-order chi connectivity index (χ0) is 26.2. The molecule has 0 unspecified atom stereocenters. The van der Waals surface area contributed by atoms with Crippen LogP contribution in [0, 0.1) is 0 Å². The van der Waals surface area contributed by atoms with E-state index in [1.54, 1.807) is 73.8 Å². The van der Waals surface area contributed by atoms with E-state index in [4.69, 9.17) is 9.47 Å². The summed E-state index contributed by atoms with van der Waals surface area (Å²) in [5, 5.41) is 0. The Morgan fingerprint density at radius 2 is 1.46 bits per heavy atom. The third-order valence-electron chi connectivity index (χ3n) is 6.06. The first-order valence-corrected chi connectivity index (χ1v) is 12.1. The van der Waals surface area contributed by atoms with E-state index in [0.29, 0.717) is 42.5 Å². The van der Waals surface area contributed by atoms with E-state index in [-0.39, 0.29) is 29.8 Å². The smallest absolute Gasteiger partial charge is 0.311 e. The summed E-state index contributed by atoms with van der Waals surface area (Å²) in [4.78, 5) is 51.2. The Morgan fingerprint density at radius 3 is 2.14 bits per heavy atom. The number of allylic oxidation sites excluding steroid dienone is 1. The third kappa shape index (κ3) is 6.19. The second-order valence-corrected chi connectivity index (χ2v) is 8.56. The van der Waals surface area contributed by atoms with Crippen LogP contribution < -0.4 is 9.47 Å². The van der Waals surface area contributed by atoms with Gasteiger partial charge in [-0.25, -0.2) is 0 Å². The van der Waals surface area contributed by atoms with Crippen molar-refractivity contribution in [3.8, 4) is 11.5 Å². The lowest BCUT2D eigenvalue weighted by atomic mass is 10.1. The average Bonchev–Trinajstić information content (AvgIpc) is 3.17. The molecule has 37 heavy (non-hydrogen) atoms. The quantitative estimate of drug-likeness (QED) is 0.0886. The number of unbranched alkanes of at least 4 members (excludes halogenated alkanes) is 2. The number of benzene rings is 3. The lowest BCUT2D eigenvalue weighted by molar-refractivity contribution is -0.134. The molecule has 4 rings (SSSR count). The molecule has 0 saturated carbocycles. The fraction of sp³-hybridized carbons (Fsp3) is 0.200. The van der Waals surface area contributed by atoms with Crippen molar-refractivity contribution in [2.75, 3.05) is 13.7 Å². The molecule has 3 aromatic carbocycles. The highest BCUT2D eigenvalue weighted by Crippen LogP contribution is 2.24. The fourth-order valence-electron chi connectivity index (χ4n) is 4.07. The van der Waals surface area contributed by atoms with Crippen LogP contribution in [-0.4, -0.2) is 42.1 Å². The zero-order valence-electron chi connectivity index (χ0n) is 20.5. The van der Waals surface area contributed by atoms with Gasteiger partial charge in [0.25, 0.3) is 11.8 Å². The molecule has 188 valence electrons. The Balaban J connectivity index is 1.24. The number of hydrogen-bond donors (Lipinski definition) is 0. The molecule has 7 nitrogen and oxygen atoms in total. The molecule has 0 radical (unpaired) electrons. The highest BCUT2D eigenvalue weighted by atomic mass is 16.5. The molecule has 0 bridgehead atoms. The summed E-state index contributed by atoms with van der Waals surface area (Å²) in [5.41, 5.74) is 2.00. The summed E-state index contributed by atoms with van der Waals surface area (Å²) in [6.45, 7) is 0.305. The Kier molecular flexibility index (Phi) is 8.26. The molecule has 0 fully saturated rings. The molecule has 1 aliphatic heterocycles.